The first-order valence-corrected chi connectivity index (χ1v) is 17.6. The van der Waals surface area contributed by atoms with Crippen LogP contribution in [0.25, 0.3) is 27.8 Å². The number of aryl methyl sites for hydroxylation is 1. The number of piperidine rings is 1. The molecule has 0 saturated carbocycles. The molecule has 5 aromatic rings. The average Bonchev–Trinajstić information content (AvgIpc) is 3.69. The van der Waals surface area contributed by atoms with Crippen molar-refractivity contribution in [2.45, 2.75) is 32.2 Å². The van der Waals surface area contributed by atoms with Crippen LogP contribution in [0.1, 0.15) is 56.7 Å². The first-order chi connectivity index (χ1) is 26.6. The summed E-state index contributed by atoms with van der Waals surface area (Å²) in [6.45, 7) is 2.92. The number of imide groups is 2. The minimum Gasteiger partial charge on any atom is -0.367 e. The molecule has 2 aromatic heterocycles. The number of anilines is 2. The molecule has 3 aliphatic rings. The zero-order chi connectivity index (χ0) is 38.5. The van der Waals surface area contributed by atoms with Gasteiger partial charge in [0.1, 0.15) is 41.5 Å². The number of para-hydroxylation sites is 2. The summed E-state index contributed by atoms with van der Waals surface area (Å²) in [6.07, 6.45) is -0.481. The quantitative estimate of drug-likeness (QED) is 0.193. The molecule has 8 rings (SSSR count). The summed E-state index contributed by atoms with van der Waals surface area (Å²) in [5.74, 6) is -3.41. The smallest absolute Gasteiger partial charge is 0.264 e. The Bertz CT molecular complexity index is 2610. The van der Waals surface area contributed by atoms with Crippen molar-refractivity contribution in [1.29, 1.82) is 10.5 Å². The molecular weight excluding hydrogens is 702 g/mol. The number of imidazole rings is 1. The summed E-state index contributed by atoms with van der Waals surface area (Å²) >= 11 is 0. The van der Waals surface area contributed by atoms with E-state index >= 15 is 0 Å². The number of amides is 6. The maximum absolute atomic E-state index is 13.7. The Balaban J connectivity index is 1.02. The summed E-state index contributed by atoms with van der Waals surface area (Å²) in [6, 6.07) is 22.6. The van der Waals surface area contributed by atoms with Crippen LogP contribution in [0.2, 0.25) is 0 Å². The molecule has 3 aliphatic heterocycles. The van der Waals surface area contributed by atoms with E-state index in [9.17, 15) is 39.3 Å². The second kappa shape index (κ2) is 13.5. The molecule has 0 aliphatic carbocycles. The third kappa shape index (κ3) is 5.79. The molecule has 1 unspecified atom stereocenters. The second-order valence-electron chi connectivity index (χ2n) is 13.6. The number of benzene rings is 3. The number of carbonyl (C=O) groups is 6. The molecule has 6 amide bonds. The molecular formula is C40H31N9O6. The van der Waals surface area contributed by atoms with Crippen LogP contribution in [0.5, 0.6) is 0 Å². The van der Waals surface area contributed by atoms with Crippen LogP contribution in [0, 0.1) is 29.6 Å². The zero-order valence-electron chi connectivity index (χ0n) is 29.5. The van der Waals surface area contributed by atoms with E-state index < -0.39 is 47.9 Å². The van der Waals surface area contributed by atoms with E-state index in [0.29, 0.717) is 40.9 Å². The molecule has 2 fully saturated rings. The van der Waals surface area contributed by atoms with Gasteiger partial charge in [0.2, 0.25) is 23.6 Å². The minimum absolute atomic E-state index is 0.0108. The minimum atomic E-state index is -1.09. The van der Waals surface area contributed by atoms with Gasteiger partial charge in [0.05, 0.1) is 27.8 Å². The largest absolute Gasteiger partial charge is 0.367 e. The van der Waals surface area contributed by atoms with Crippen LogP contribution in [-0.4, -0.2) is 86.8 Å². The van der Waals surface area contributed by atoms with E-state index in [1.54, 1.807) is 52.9 Å². The highest BCUT2D eigenvalue weighted by atomic mass is 16.2. The van der Waals surface area contributed by atoms with Crippen molar-refractivity contribution in [2.75, 3.05) is 36.4 Å². The molecule has 15 nitrogen and oxygen atoms in total. The average molecular weight is 734 g/mol. The predicted molar refractivity (Wildman–Crippen MR) is 197 cm³/mol. The number of piperazine rings is 1. The molecule has 2 saturated heterocycles. The summed E-state index contributed by atoms with van der Waals surface area (Å²) in [7, 11) is 0. The molecule has 3 aromatic carbocycles. The van der Waals surface area contributed by atoms with E-state index in [1.165, 1.54) is 11.0 Å². The lowest BCUT2D eigenvalue weighted by Crippen LogP contribution is -2.54. The fourth-order valence-electron chi connectivity index (χ4n) is 7.61. The predicted octanol–water partition coefficient (Wildman–Crippen LogP) is 3.28. The molecule has 5 heterocycles. The van der Waals surface area contributed by atoms with Gasteiger partial charge >= 0.3 is 0 Å². The molecule has 272 valence electrons. The number of carbonyl (C=O) groups excluding carboxylic acids is 6. The number of hydrogen-bond donors (Lipinski definition) is 2. The van der Waals surface area contributed by atoms with Gasteiger partial charge in [-0.25, -0.2) is 4.98 Å². The van der Waals surface area contributed by atoms with E-state index in [1.807, 2.05) is 24.0 Å². The Kier molecular flexibility index (Phi) is 8.54. The third-order valence-corrected chi connectivity index (χ3v) is 10.3. The molecule has 15 heteroatoms. The summed E-state index contributed by atoms with van der Waals surface area (Å²) in [5.41, 5.74) is 4.28. The number of nitriles is 2. The highest BCUT2D eigenvalue weighted by molar-refractivity contribution is 6.25. The van der Waals surface area contributed by atoms with Gasteiger partial charge in [-0.15, -0.1) is 0 Å². The first kappa shape index (κ1) is 34.7. The molecule has 0 spiro atoms. The van der Waals surface area contributed by atoms with Crippen LogP contribution in [0.15, 0.2) is 66.7 Å². The van der Waals surface area contributed by atoms with Crippen molar-refractivity contribution in [3.05, 3.63) is 94.5 Å². The highest BCUT2D eigenvalue weighted by Gasteiger charge is 2.46. The summed E-state index contributed by atoms with van der Waals surface area (Å²) in [5, 5.41) is 25.9. The first-order valence-electron chi connectivity index (χ1n) is 17.6. The Morgan fingerprint density at radius 3 is 2.31 bits per heavy atom. The van der Waals surface area contributed by atoms with Crippen LogP contribution < -0.4 is 15.5 Å². The van der Waals surface area contributed by atoms with Crippen molar-refractivity contribution in [2.24, 2.45) is 0 Å². The van der Waals surface area contributed by atoms with Crippen molar-refractivity contribution >= 4 is 63.6 Å². The van der Waals surface area contributed by atoms with Gasteiger partial charge in [-0.3, -0.25) is 43.4 Å². The molecule has 0 radical (unpaired) electrons. The number of fused-ring (bicyclic) bond motifs is 4. The second-order valence-corrected chi connectivity index (χ2v) is 13.6. The van der Waals surface area contributed by atoms with Crippen molar-refractivity contribution in [3.63, 3.8) is 0 Å². The third-order valence-electron chi connectivity index (χ3n) is 10.3. The standard InChI is InChI=1S/C40H31N9O6/c1-22-9-11-23(12-10-22)34-25(20-41)36-43-27-6-2-3-7-28(27)48(36)37(26(34)21-42)44-32(51)19-33(52)47-17-15-46(16-18-47)29-8-4-5-24-35(29)40(55)49(39(24)54)30-13-14-31(50)45-38(30)53/h2-12,30H,13-19H2,1H3,(H,44,51)(H,45,50,53). The maximum atomic E-state index is 13.7. The van der Waals surface area contributed by atoms with Crippen LogP contribution in [0.3, 0.4) is 0 Å². The van der Waals surface area contributed by atoms with E-state index in [-0.39, 0.29) is 59.7 Å². The molecule has 1 atom stereocenters. The van der Waals surface area contributed by atoms with Gasteiger partial charge in [-0.1, -0.05) is 48.0 Å². The molecule has 0 bridgehead atoms. The van der Waals surface area contributed by atoms with Gasteiger partial charge < -0.3 is 15.1 Å². The Morgan fingerprint density at radius 2 is 1.60 bits per heavy atom. The van der Waals surface area contributed by atoms with Crippen molar-refractivity contribution in [3.8, 4) is 23.3 Å². The van der Waals surface area contributed by atoms with Crippen LogP contribution in [-0.2, 0) is 19.2 Å². The topological polar surface area (TPSA) is 201 Å². The highest BCUT2D eigenvalue weighted by Crippen LogP contribution is 2.38. The van der Waals surface area contributed by atoms with Crippen molar-refractivity contribution in [1.82, 2.24) is 24.5 Å². The van der Waals surface area contributed by atoms with Crippen LogP contribution >= 0.6 is 0 Å². The van der Waals surface area contributed by atoms with Crippen LogP contribution in [0.4, 0.5) is 11.5 Å². The van der Waals surface area contributed by atoms with Gasteiger partial charge in [-0.2, -0.15) is 10.5 Å². The Morgan fingerprint density at radius 1 is 0.873 bits per heavy atom. The number of hydrogen-bond acceptors (Lipinski definition) is 10. The van der Waals surface area contributed by atoms with Crippen molar-refractivity contribution < 1.29 is 28.8 Å². The number of pyridine rings is 1. The Hall–Kier alpha value is -7.39. The summed E-state index contributed by atoms with van der Waals surface area (Å²) < 4.78 is 1.57. The normalized spacial score (nSPS) is 16.9. The van der Waals surface area contributed by atoms with Gasteiger partial charge in [-0.05, 0) is 43.2 Å². The SMILES string of the molecule is Cc1ccc(-c2c(C#N)c(NC(=O)CC(=O)N3CCN(c4cccc5c4C(=O)N(C4CCC(=O)NC4=O)C5=O)CC3)n3c(nc4ccccc43)c2C#N)cc1. The lowest BCUT2D eigenvalue weighted by Gasteiger charge is -2.36. The number of nitrogens with one attached hydrogen (secondary N) is 2. The number of aromatic nitrogens is 2. The number of nitrogens with zero attached hydrogens (tertiary/aromatic N) is 7. The van der Waals surface area contributed by atoms with Gasteiger partial charge in [0, 0.05) is 38.2 Å². The number of rotatable bonds is 6. The zero-order valence-corrected chi connectivity index (χ0v) is 29.5. The lowest BCUT2D eigenvalue weighted by molar-refractivity contribution is -0.137. The Labute approximate surface area is 313 Å². The molecule has 55 heavy (non-hydrogen) atoms. The summed E-state index contributed by atoms with van der Waals surface area (Å²) in [4.78, 5) is 87.5. The lowest BCUT2D eigenvalue weighted by atomic mass is 9.95. The van der Waals surface area contributed by atoms with Gasteiger partial charge in [0.25, 0.3) is 11.8 Å². The fraction of sp³-hybridized carbons (Fsp3) is 0.225. The monoisotopic (exact) mass is 733 g/mol. The fourth-order valence-corrected chi connectivity index (χ4v) is 7.61. The molecule has 2 N–H and O–H groups in total. The maximum Gasteiger partial charge on any atom is 0.264 e. The van der Waals surface area contributed by atoms with E-state index in [0.717, 1.165) is 10.5 Å². The van der Waals surface area contributed by atoms with E-state index in [2.05, 4.69) is 22.8 Å². The van der Waals surface area contributed by atoms with Gasteiger partial charge in [0.15, 0.2) is 5.65 Å². The van der Waals surface area contributed by atoms with E-state index in [4.69, 9.17) is 4.98 Å².